The first-order chi connectivity index (χ1) is 5.07. The van der Waals surface area contributed by atoms with Crippen LogP contribution in [-0.4, -0.2) is 46.6 Å². The Morgan fingerprint density at radius 2 is 2.18 bits per heavy atom. The maximum absolute atomic E-state index is 10.2. The van der Waals surface area contributed by atoms with E-state index in [4.69, 9.17) is 15.3 Å². The molecule has 0 aliphatic heterocycles. The van der Waals surface area contributed by atoms with Gasteiger partial charge < -0.3 is 15.3 Å². The molecule has 66 valence electrons. The van der Waals surface area contributed by atoms with E-state index in [1.807, 2.05) is 0 Å². The van der Waals surface area contributed by atoms with Crippen LogP contribution in [0, 0.1) is 0 Å². The van der Waals surface area contributed by atoms with Gasteiger partial charge in [0.15, 0.2) is 0 Å². The van der Waals surface area contributed by atoms with E-state index in [9.17, 15) is 4.79 Å². The van der Waals surface area contributed by atoms with Crippen LogP contribution < -0.4 is 5.32 Å². The minimum atomic E-state index is -1.12. The molecular formula is C6H13NO4. The molecule has 0 rings (SSSR count). The number of hydrogen-bond donors (Lipinski definition) is 4. The van der Waals surface area contributed by atoms with Crippen LogP contribution in [0.3, 0.4) is 0 Å². The topological polar surface area (TPSA) is 89.8 Å². The smallest absolute Gasteiger partial charge is 0.323 e. The van der Waals surface area contributed by atoms with Crippen LogP contribution >= 0.6 is 0 Å². The Balaban J connectivity index is 3.61. The number of carboxylic acids is 1. The van der Waals surface area contributed by atoms with Crippen LogP contribution in [0.2, 0.25) is 0 Å². The van der Waals surface area contributed by atoms with Gasteiger partial charge in [0.1, 0.15) is 6.04 Å². The van der Waals surface area contributed by atoms with Gasteiger partial charge in [-0.05, 0) is 6.92 Å². The number of aliphatic hydroxyl groups is 2. The van der Waals surface area contributed by atoms with Gasteiger partial charge in [-0.3, -0.25) is 10.1 Å². The van der Waals surface area contributed by atoms with E-state index in [-0.39, 0.29) is 6.54 Å². The Kier molecular flexibility index (Phi) is 4.76. The third kappa shape index (κ3) is 4.72. The van der Waals surface area contributed by atoms with Gasteiger partial charge in [0.25, 0.3) is 0 Å². The van der Waals surface area contributed by atoms with Gasteiger partial charge >= 0.3 is 5.97 Å². The van der Waals surface area contributed by atoms with E-state index in [0.717, 1.165) is 0 Å². The van der Waals surface area contributed by atoms with Crippen LogP contribution in [0.25, 0.3) is 0 Å². The molecule has 2 atom stereocenters. The van der Waals surface area contributed by atoms with E-state index < -0.39 is 24.7 Å². The maximum Gasteiger partial charge on any atom is 0.323 e. The zero-order valence-corrected chi connectivity index (χ0v) is 6.32. The molecular weight excluding hydrogens is 150 g/mol. The molecule has 0 aromatic rings. The summed E-state index contributed by atoms with van der Waals surface area (Å²) in [5.41, 5.74) is 0. The van der Waals surface area contributed by atoms with Gasteiger partial charge in [-0.25, -0.2) is 0 Å². The molecule has 0 aliphatic carbocycles. The highest BCUT2D eigenvalue weighted by Gasteiger charge is 2.14. The number of aliphatic hydroxyl groups excluding tert-OH is 2. The van der Waals surface area contributed by atoms with E-state index in [0.29, 0.717) is 0 Å². The van der Waals surface area contributed by atoms with Crippen LogP contribution in [0.15, 0.2) is 0 Å². The number of carboxylic acid groups (broad SMARTS) is 1. The van der Waals surface area contributed by atoms with Crippen molar-refractivity contribution in [3.05, 3.63) is 0 Å². The monoisotopic (exact) mass is 163 g/mol. The van der Waals surface area contributed by atoms with Crippen molar-refractivity contribution in [3.63, 3.8) is 0 Å². The summed E-state index contributed by atoms with van der Waals surface area (Å²) in [5.74, 6) is -1.12. The van der Waals surface area contributed by atoms with Crippen molar-refractivity contribution in [2.24, 2.45) is 0 Å². The molecule has 0 saturated carbocycles. The van der Waals surface area contributed by atoms with Crippen LogP contribution in [0.4, 0.5) is 0 Å². The highest BCUT2D eigenvalue weighted by atomic mass is 16.4. The molecule has 0 aromatic carbocycles. The molecule has 0 saturated heterocycles. The molecule has 11 heavy (non-hydrogen) atoms. The van der Waals surface area contributed by atoms with Crippen molar-refractivity contribution < 1.29 is 20.1 Å². The lowest BCUT2D eigenvalue weighted by Crippen LogP contribution is -2.42. The van der Waals surface area contributed by atoms with Crippen molar-refractivity contribution in [1.82, 2.24) is 5.32 Å². The molecule has 0 unspecified atom stereocenters. The third-order valence-corrected chi connectivity index (χ3v) is 1.14. The lowest BCUT2D eigenvalue weighted by Gasteiger charge is -2.12. The third-order valence-electron chi connectivity index (χ3n) is 1.14. The Morgan fingerprint density at radius 3 is 2.45 bits per heavy atom. The molecule has 0 aromatic heterocycles. The molecule has 0 heterocycles. The molecule has 0 spiro atoms. The number of rotatable bonds is 5. The quantitative estimate of drug-likeness (QED) is 0.392. The first-order valence-corrected chi connectivity index (χ1v) is 3.33. The second-order valence-corrected chi connectivity index (χ2v) is 2.33. The molecule has 4 N–H and O–H groups in total. The molecule has 5 nitrogen and oxygen atoms in total. The van der Waals surface area contributed by atoms with Gasteiger partial charge in [0.2, 0.25) is 0 Å². The number of nitrogens with one attached hydrogen (secondary N) is 1. The summed E-state index contributed by atoms with van der Waals surface area (Å²) in [5, 5.41) is 28.1. The summed E-state index contributed by atoms with van der Waals surface area (Å²) >= 11 is 0. The average Bonchev–Trinajstić information content (AvgIpc) is 1.87. The standard InChI is InChI=1S/C6H13NO4/c1-4(9)2-7-5(3-8)6(10)11/h4-5,7-9H,2-3H2,1H3,(H,10,11)/t4-,5-/m0/s1. The first-order valence-electron chi connectivity index (χ1n) is 3.33. The first kappa shape index (κ1) is 10.3. The fourth-order valence-corrected chi connectivity index (χ4v) is 0.543. The molecule has 0 radical (unpaired) electrons. The minimum absolute atomic E-state index is 0.164. The second-order valence-electron chi connectivity index (χ2n) is 2.33. The number of hydrogen-bond acceptors (Lipinski definition) is 4. The van der Waals surface area contributed by atoms with Crippen molar-refractivity contribution in [2.45, 2.75) is 19.1 Å². The summed E-state index contributed by atoms with van der Waals surface area (Å²) < 4.78 is 0. The van der Waals surface area contributed by atoms with Crippen LogP contribution in [0.5, 0.6) is 0 Å². The van der Waals surface area contributed by atoms with Crippen molar-refractivity contribution >= 4 is 5.97 Å². The van der Waals surface area contributed by atoms with E-state index in [1.165, 1.54) is 6.92 Å². The fraction of sp³-hybridized carbons (Fsp3) is 0.833. The average molecular weight is 163 g/mol. The second kappa shape index (κ2) is 5.06. The summed E-state index contributed by atoms with van der Waals surface area (Å²) in [6, 6.07) is -0.982. The van der Waals surface area contributed by atoms with Crippen LogP contribution in [0.1, 0.15) is 6.92 Å². The van der Waals surface area contributed by atoms with E-state index in [1.54, 1.807) is 0 Å². The Labute approximate surface area is 64.7 Å². The van der Waals surface area contributed by atoms with Gasteiger partial charge in [0.05, 0.1) is 12.7 Å². The van der Waals surface area contributed by atoms with Gasteiger partial charge in [-0.2, -0.15) is 0 Å². The summed E-state index contributed by atoms with van der Waals surface area (Å²) in [4.78, 5) is 10.2. The predicted molar refractivity (Wildman–Crippen MR) is 38.2 cm³/mol. The largest absolute Gasteiger partial charge is 0.480 e. The molecule has 0 aliphatic rings. The molecule has 0 bridgehead atoms. The highest BCUT2D eigenvalue weighted by Crippen LogP contribution is 1.83. The summed E-state index contributed by atoms with van der Waals surface area (Å²) in [6.07, 6.45) is -0.608. The molecule has 0 amide bonds. The van der Waals surface area contributed by atoms with Crippen molar-refractivity contribution in [2.75, 3.05) is 13.2 Å². The predicted octanol–water partition coefficient (Wildman–Crippen LogP) is -1.60. The Bertz CT molecular complexity index is 126. The number of aliphatic carboxylic acids is 1. The highest BCUT2D eigenvalue weighted by molar-refractivity contribution is 5.73. The number of carbonyl (C=O) groups is 1. The van der Waals surface area contributed by atoms with Crippen molar-refractivity contribution in [1.29, 1.82) is 0 Å². The van der Waals surface area contributed by atoms with Gasteiger partial charge in [0, 0.05) is 6.54 Å². The Morgan fingerprint density at radius 1 is 1.64 bits per heavy atom. The zero-order valence-electron chi connectivity index (χ0n) is 6.32. The van der Waals surface area contributed by atoms with Crippen LogP contribution in [-0.2, 0) is 4.79 Å². The minimum Gasteiger partial charge on any atom is -0.480 e. The SMILES string of the molecule is C[C@H](O)CN[C@@H](CO)C(=O)O. The van der Waals surface area contributed by atoms with Gasteiger partial charge in [-0.1, -0.05) is 0 Å². The fourth-order valence-electron chi connectivity index (χ4n) is 0.543. The summed E-state index contributed by atoms with van der Waals surface area (Å²) in [6.45, 7) is 1.23. The maximum atomic E-state index is 10.2. The van der Waals surface area contributed by atoms with E-state index in [2.05, 4.69) is 5.32 Å². The lowest BCUT2D eigenvalue weighted by atomic mass is 10.3. The lowest BCUT2D eigenvalue weighted by molar-refractivity contribution is -0.140. The van der Waals surface area contributed by atoms with Crippen molar-refractivity contribution in [3.8, 4) is 0 Å². The summed E-state index contributed by atoms with van der Waals surface area (Å²) in [7, 11) is 0. The molecule has 5 heteroatoms. The zero-order chi connectivity index (χ0) is 8.85. The molecule has 0 fully saturated rings. The normalized spacial score (nSPS) is 15.9. The Hall–Kier alpha value is -0.650. The van der Waals surface area contributed by atoms with Gasteiger partial charge in [-0.15, -0.1) is 0 Å². The van der Waals surface area contributed by atoms with E-state index >= 15 is 0 Å².